The molecule has 72 valence electrons. The smallest absolute Gasteiger partial charge is 0.0983 e. The number of alkyl halides is 1. The molecule has 0 aromatic carbocycles. The normalized spacial score (nSPS) is 11.2. The van der Waals surface area contributed by atoms with E-state index in [2.05, 4.69) is 27.9 Å². The van der Waals surface area contributed by atoms with Crippen LogP contribution in [0, 0.1) is 0 Å². The van der Waals surface area contributed by atoms with Gasteiger partial charge in [0, 0.05) is 6.54 Å². The minimum absolute atomic E-state index is 0.673. The molecule has 0 bridgehead atoms. The summed E-state index contributed by atoms with van der Waals surface area (Å²) in [6, 6.07) is 0. The zero-order valence-corrected chi connectivity index (χ0v) is 9.54. The Kier molecular flexibility index (Phi) is 11.7. The van der Waals surface area contributed by atoms with Gasteiger partial charge in [-0.05, 0) is 7.05 Å². The number of likely N-dealkylation sites (N-methyl/N-ethyl adjacent to an activating group) is 1. The van der Waals surface area contributed by atoms with Crippen molar-refractivity contribution in [3.63, 3.8) is 0 Å². The van der Waals surface area contributed by atoms with Gasteiger partial charge < -0.3 is 14.8 Å². The first-order chi connectivity index (χ1) is 5.91. The molecule has 0 fully saturated rings. The van der Waals surface area contributed by atoms with E-state index in [1.807, 2.05) is 19.2 Å². The quantitative estimate of drug-likeness (QED) is 0.314. The van der Waals surface area contributed by atoms with Gasteiger partial charge in [0.2, 0.25) is 0 Å². The first-order valence-electron chi connectivity index (χ1n) is 3.93. The van der Waals surface area contributed by atoms with Crippen LogP contribution in [-0.2, 0) is 9.47 Å². The predicted octanol–water partition coefficient (Wildman–Crippen LogP) is 1.19. The van der Waals surface area contributed by atoms with Crippen LogP contribution in [0.1, 0.15) is 0 Å². The van der Waals surface area contributed by atoms with E-state index in [4.69, 9.17) is 9.47 Å². The molecule has 0 spiro atoms. The van der Waals surface area contributed by atoms with Crippen LogP contribution in [0.2, 0.25) is 0 Å². The van der Waals surface area contributed by atoms with E-state index >= 15 is 0 Å². The molecule has 4 heteroatoms. The van der Waals surface area contributed by atoms with Gasteiger partial charge in [0.15, 0.2) is 0 Å². The van der Waals surface area contributed by atoms with E-state index in [9.17, 15) is 0 Å². The lowest BCUT2D eigenvalue weighted by Crippen LogP contribution is -2.14. The molecular weight excluding hydrogens is 269 g/mol. The summed E-state index contributed by atoms with van der Waals surface area (Å²) >= 11 is 2.17. The number of rotatable bonds is 8. The predicted molar refractivity (Wildman–Crippen MR) is 58.7 cm³/mol. The maximum absolute atomic E-state index is 5.25. The molecule has 0 atom stereocenters. The molecule has 0 aliphatic rings. The van der Waals surface area contributed by atoms with Gasteiger partial charge in [-0.25, -0.2) is 0 Å². The molecule has 0 amide bonds. The van der Waals surface area contributed by atoms with Crippen LogP contribution >= 0.6 is 22.6 Å². The van der Waals surface area contributed by atoms with Gasteiger partial charge in [-0.15, -0.1) is 0 Å². The summed E-state index contributed by atoms with van der Waals surface area (Å²) in [6.45, 7) is 3.01. The van der Waals surface area contributed by atoms with Crippen molar-refractivity contribution in [2.75, 3.05) is 38.0 Å². The van der Waals surface area contributed by atoms with Crippen molar-refractivity contribution in [2.45, 2.75) is 0 Å². The van der Waals surface area contributed by atoms with Gasteiger partial charge in [0.25, 0.3) is 0 Å². The topological polar surface area (TPSA) is 30.5 Å². The minimum atomic E-state index is 0.673. The molecule has 0 aliphatic carbocycles. The first kappa shape index (κ1) is 12.3. The van der Waals surface area contributed by atoms with Crippen LogP contribution in [0.3, 0.4) is 0 Å². The zero-order valence-electron chi connectivity index (χ0n) is 7.38. The Morgan fingerprint density at radius 1 is 1.25 bits per heavy atom. The van der Waals surface area contributed by atoms with E-state index in [1.165, 1.54) is 0 Å². The van der Waals surface area contributed by atoms with Crippen LogP contribution in [0.5, 0.6) is 0 Å². The second-order valence-electron chi connectivity index (χ2n) is 2.13. The third-order valence-electron chi connectivity index (χ3n) is 1.17. The molecule has 3 nitrogen and oxygen atoms in total. The van der Waals surface area contributed by atoms with E-state index in [0.29, 0.717) is 13.2 Å². The van der Waals surface area contributed by atoms with Crippen LogP contribution in [-0.4, -0.2) is 38.0 Å². The van der Waals surface area contributed by atoms with Gasteiger partial charge >= 0.3 is 0 Å². The van der Waals surface area contributed by atoms with Crippen molar-refractivity contribution in [3.8, 4) is 0 Å². The third kappa shape index (κ3) is 10.3. The Bertz CT molecular complexity index is 109. The Morgan fingerprint density at radius 2 is 1.92 bits per heavy atom. The molecule has 0 saturated heterocycles. The highest BCUT2D eigenvalue weighted by atomic mass is 127. The Balaban J connectivity index is 2.92. The summed E-state index contributed by atoms with van der Waals surface area (Å²) in [4.78, 5) is 0. The Hall–Kier alpha value is 0.350. The zero-order chi connectivity index (χ0) is 9.07. The fourth-order valence-corrected chi connectivity index (χ4v) is 0.829. The SMILES string of the molecule is CNCCOC/C=C\COCI. The molecule has 0 aromatic rings. The standard InChI is InChI=1S/C8H16INO2/c1-10-4-7-11-5-2-3-6-12-8-9/h2-3,10H,4-8H2,1H3/b3-2-. The molecule has 12 heavy (non-hydrogen) atoms. The van der Waals surface area contributed by atoms with E-state index in [1.54, 1.807) is 0 Å². The average molecular weight is 285 g/mol. The van der Waals surface area contributed by atoms with Crippen molar-refractivity contribution in [3.05, 3.63) is 12.2 Å². The minimum Gasteiger partial charge on any atom is -0.376 e. The number of ether oxygens (including phenoxy) is 2. The van der Waals surface area contributed by atoms with E-state index in [0.717, 1.165) is 17.8 Å². The highest BCUT2D eigenvalue weighted by Crippen LogP contribution is 1.84. The maximum Gasteiger partial charge on any atom is 0.0983 e. The lowest BCUT2D eigenvalue weighted by atomic mass is 10.5. The largest absolute Gasteiger partial charge is 0.376 e. The molecule has 0 aromatic heterocycles. The number of halogens is 1. The maximum atomic E-state index is 5.25. The molecule has 1 N–H and O–H groups in total. The van der Waals surface area contributed by atoms with Gasteiger partial charge in [-0.2, -0.15) is 0 Å². The number of nitrogens with one attached hydrogen (secondary N) is 1. The molecule has 0 saturated carbocycles. The van der Waals surface area contributed by atoms with Crippen molar-refractivity contribution in [1.29, 1.82) is 0 Å². The summed E-state index contributed by atoms with van der Waals surface area (Å²) in [7, 11) is 1.91. The fraction of sp³-hybridized carbons (Fsp3) is 0.750. The van der Waals surface area contributed by atoms with Crippen molar-refractivity contribution < 1.29 is 9.47 Å². The summed E-state index contributed by atoms with van der Waals surface area (Å²) < 4.78 is 11.1. The average Bonchev–Trinajstić information content (AvgIpc) is 2.10. The van der Waals surface area contributed by atoms with Crippen LogP contribution in [0.4, 0.5) is 0 Å². The van der Waals surface area contributed by atoms with Crippen LogP contribution in [0.25, 0.3) is 0 Å². The Labute approximate surface area is 87.6 Å². The van der Waals surface area contributed by atoms with Crippen LogP contribution < -0.4 is 5.32 Å². The number of hydrogen-bond donors (Lipinski definition) is 1. The lowest BCUT2D eigenvalue weighted by Gasteiger charge is -1.98. The lowest BCUT2D eigenvalue weighted by molar-refractivity contribution is 0.164. The summed E-state index contributed by atoms with van der Waals surface area (Å²) in [5.41, 5.74) is 0. The van der Waals surface area contributed by atoms with Crippen molar-refractivity contribution in [1.82, 2.24) is 5.32 Å². The highest BCUT2D eigenvalue weighted by molar-refractivity contribution is 14.1. The van der Waals surface area contributed by atoms with Gasteiger partial charge in [-0.1, -0.05) is 34.7 Å². The first-order valence-corrected chi connectivity index (χ1v) is 5.45. The van der Waals surface area contributed by atoms with Gasteiger partial charge in [0.1, 0.15) is 0 Å². The Morgan fingerprint density at radius 3 is 2.50 bits per heavy atom. The second-order valence-corrected chi connectivity index (χ2v) is 2.75. The van der Waals surface area contributed by atoms with Gasteiger partial charge in [0.05, 0.1) is 24.4 Å². The van der Waals surface area contributed by atoms with Crippen molar-refractivity contribution in [2.24, 2.45) is 0 Å². The molecule has 0 aliphatic heterocycles. The molecule has 0 unspecified atom stereocenters. The second kappa shape index (κ2) is 11.4. The van der Waals surface area contributed by atoms with Gasteiger partial charge in [-0.3, -0.25) is 0 Å². The monoisotopic (exact) mass is 285 g/mol. The summed E-state index contributed by atoms with van der Waals surface area (Å²) in [5, 5.41) is 3.00. The number of hydrogen-bond acceptors (Lipinski definition) is 3. The fourth-order valence-electron chi connectivity index (χ4n) is 0.574. The molecular formula is C8H16INO2. The summed E-state index contributed by atoms with van der Waals surface area (Å²) in [6.07, 6.45) is 3.94. The molecule has 0 heterocycles. The van der Waals surface area contributed by atoms with E-state index < -0.39 is 0 Å². The molecule has 0 radical (unpaired) electrons. The third-order valence-corrected chi connectivity index (χ3v) is 1.61. The summed E-state index contributed by atoms with van der Waals surface area (Å²) in [5.74, 6) is 0. The highest BCUT2D eigenvalue weighted by Gasteiger charge is 1.81. The van der Waals surface area contributed by atoms with E-state index in [-0.39, 0.29) is 0 Å². The van der Waals surface area contributed by atoms with Crippen molar-refractivity contribution >= 4 is 22.6 Å². The van der Waals surface area contributed by atoms with Crippen LogP contribution in [0.15, 0.2) is 12.2 Å². The molecule has 0 rings (SSSR count).